The van der Waals surface area contributed by atoms with Crippen LogP contribution in [-0.2, 0) is 9.53 Å². The van der Waals surface area contributed by atoms with Gasteiger partial charge in [-0.05, 0) is 18.4 Å². The standard InChI is InChI=1S/C11H13N3O2S/c1-3-16-9(15)6-14(2)11-10-8(4-5-17-10)12-7-13-11/h4-5,7H,3,6H2,1-2H3. The smallest absolute Gasteiger partial charge is 0.325 e. The number of aromatic nitrogens is 2. The Kier molecular flexibility index (Phi) is 3.53. The van der Waals surface area contributed by atoms with Crippen LogP contribution in [0.15, 0.2) is 17.8 Å². The van der Waals surface area contributed by atoms with Crippen LogP contribution in [0.4, 0.5) is 5.82 Å². The van der Waals surface area contributed by atoms with E-state index in [0.717, 1.165) is 16.0 Å². The topological polar surface area (TPSA) is 55.3 Å². The molecule has 6 heteroatoms. The summed E-state index contributed by atoms with van der Waals surface area (Å²) in [5.74, 6) is 0.511. The molecular weight excluding hydrogens is 238 g/mol. The highest BCUT2D eigenvalue weighted by Gasteiger charge is 2.13. The molecule has 0 aliphatic carbocycles. The van der Waals surface area contributed by atoms with E-state index in [0.29, 0.717) is 6.61 Å². The van der Waals surface area contributed by atoms with E-state index < -0.39 is 0 Å². The van der Waals surface area contributed by atoms with Crippen molar-refractivity contribution in [3.05, 3.63) is 17.8 Å². The summed E-state index contributed by atoms with van der Waals surface area (Å²) in [6.45, 7) is 2.38. The minimum absolute atomic E-state index is 0.192. The Hall–Kier alpha value is -1.69. The van der Waals surface area contributed by atoms with E-state index in [4.69, 9.17) is 4.74 Å². The summed E-state index contributed by atoms with van der Waals surface area (Å²) in [6.07, 6.45) is 1.51. The highest BCUT2D eigenvalue weighted by Crippen LogP contribution is 2.26. The summed E-state index contributed by atoms with van der Waals surface area (Å²) < 4.78 is 5.89. The van der Waals surface area contributed by atoms with Gasteiger partial charge in [0.25, 0.3) is 0 Å². The molecular formula is C11H13N3O2S. The SMILES string of the molecule is CCOC(=O)CN(C)c1ncnc2ccsc12. The second kappa shape index (κ2) is 5.09. The van der Waals surface area contributed by atoms with Gasteiger partial charge in [-0.25, -0.2) is 9.97 Å². The van der Waals surface area contributed by atoms with Crippen LogP contribution in [0.5, 0.6) is 0 Å². The molecule has 0 bridgehead atoms. The maximum atomic E-state index is 11.4. The van der Waals surface area contributed by atoms with Crippen molar-refractivity contribution < 1.29 is 9.53 Å². The molecule has 0 fully saturated rings. The summed E-state index contributed by atoms with van der Waals surface area (Å²) in [5, 5.41) is 1.96. The fourth-order valence-corrected chi connectivity index (χ4v) is 2.41. The molecule has 17 heavy (non-hydrogen) atoms. The lowest BCUT2D eigenvalue weighted by atomic mass is 10.4. The maximum Gasteiger partial charge on any atom is 0.325 e. The van der Waals surface area contributed by atoms with Crippen LogP contribution in [-0.4, -0.2) is 36.1 Å². The Bertz CT molecular complexity index is 526. The Morgan fingerprint density at radius 1 is 1.53 bits per heavy atom. The third kappa shape index (κ3) is 2.52. The Morgan fingerprint density at radius 3 is 3.12 bits per heavy atom. The van der Waals surface area contributed by atoms with Crippen LogP contribution in [0.3, 0.4) is 0 Å². The minimum atomic E-state index is -0.252. The van der Waals surface area contributed by atoms with E-state index in [1.165, 1.54) is 6.33 Å². The third-order valence-electron chi connectivity index (χ3n) is 2.26. The number of thiophene rings is 1. The van der Waals surface area contributed by atoms with Gasteiger partial charge in [0.1, 0.15) is 18.7 Å². The molecule has 0 aliphatic rings. The number of anilines is 1. The highest BCUT2D eigenvalue weighted by molar-refractivity contribution is 7.17. The number of rotatable bonds is 4. The molecule has 90 valence electrons. The molecule has 0 N–H and O–H groups in total. The van der Waals surface area contributed by atoms with Crippen molar-refractivity contribution in [3.8, 4) is 0 Å². The third-order valence-corrected chi connectivity index (χ3v) is 3.16. The second-order valence-corrected chi connectivity index (χ2v) is 4.41. The lowest BCUT2D eigenvalue weighted by molar-refractivity contribution is -0.141. The van der Waals surface area contributed by atoms with E-state index in [9.17, 15) is 4.79 Å². The van der Waals surface area contributed by atoms with E-state index in [-0.39, 0.29) is 12.5 Å². The Labute approximate surface area is 103 Å². The average Bonchev–Trinajstić information content (AvgIpc) is 2.76. The fraction of sp³-hybridized carbons (Fsp3) is 0.364. The van der Waals surface area contributed by atoms with Gasteiger partial charge in [0.05, 0.1) is 16.8 Å². The van der Waals surface area contributed by atoms with E-state index >= 15 is 0 Å². The first kappa shape index (κ1) is 11.8. The predicted molar refractivity (Wildman–Crippen MR) is 67.3 cm³/mol. The molecule has 2 aromatic heterocycles. The number of hydrogen-bond donors (Lipinski definition) is 0. The van der Waals surface area contributed by atoms with Gasteiger partial charge in [0.15, 0.2) is 0 Å². The number of ether oxygens (including phenoxy) is 1. The zero-order valence-corrected chi connectivity index (χ0v) is 10.5. The van der Waals surface area contributed by atoms with Crippen LogP contribution < -0.4 is 4.90 Å². The molecule has 0 radical (unpaired) electrons. The largest absolute Gasteiger partial charge is 0.465 e. The summed E-state index contributed by atoms with van der Waals surface area (Å²) in [7, 11) is 1.82. The van der Waals surface area contributed by atoms with Crippen molar-refractivity contribution >= 4 is 33.3 Å². The number of nitrogens with zero attached hydrogens (tertiary/aromatic N) is 3. The molecule has 2 rings (SSSR count). The van der Waals surface area contributed by atoms with Gasteiger partial charge in [-0.2, -0.15) is 0 Å². The number of esters is 1. The first-order valence-corrected chi connectivity index (χ1v) is 6.15. The molecule has 0 unspecified atom stereocenters. The van der Waals surface area contributed by atoms with Crippen molar-refractivity contribution in [1.82, 2.24) is 9.97 Å². The summed E-state index contributed by atoms with van der Waals surface area (Å²) in [4.78, 5) is 21.5. The average molecular weight is 251 g/mol. The monoisotopic (exact) mass is 251 g/mol. The Morgan fingerprint density at radius 2 is 2.35 bits per heavy atom. The normalized spacial score (nSPS) is 10.5. The maximum absolute atomic E-state index is 11.4. The van der Waals surface area contributed by atoms with Crippen LogP contribution in [0.1, 0.15) is 6.92 Å². The van der Waals surface area contributed by atoms with E-state index in [2.05, 4.69) is 9.97 Å². The number of likely N-dealkylation sites (N-methyl/N-ethyl adjacent to an activating group) is 1. The molecule has 5 nitrogen and oxygen atoms in total. The molecule has 0 aromatic carbocycles. The van der Waals surface area contributed by atoms with E-state index in [1.54, 1.807) is 23.2 Å². The lowest BCUT2D eigenvalue weighted by Gasteiger charge is -2.17. The molecule has 0 saturated carbocycles. The minimum Gasteiger partial charge on any atom is -0.465 e. The fourth-order valence-electron chi connectivity index (χ4n) is 1.52. The predicted octanol–water partition coefficient (Wildman–Crippen LogP) is 1.69. The van der Waals surface area contributed by atoms with Crippen LogP contribution in [0.2, 0.25) is 0 Å². The zero-order valence-electron chi connectivity index (χ0n) is 9.71. The van der Waals surface area contributed by atoms with Gasteiger partial charge < -0.3 is 9.64 Å². The first-order chi connectivity index (χ1) is 8.22. The molecule has 0 aliphatic heterocycles. The van der Waals surface area contributed by atoms with Crippen molar-refractivity contribution in [3.63, 3.8) is 0 Å². The number of hydrogen-bond acceptors (Lipinski definition) is 6. The summed E-state index contributed by atoms with van der Waals surface area (Å²) in [5.41, 5.74) is 0.899. The van der Waals surface area contributed by atoms with Gasteiger partial charge in [0, 0.05) is 7.05 Å². The summed E-state index contributed by atoms with van der Waals surface area (Å²) in [6, 6.07) is 1.93. The Balaban J connectivity index is 2.21. The number of carbonyl (C=O) groups is 1. The number of carbonyl (C=O) groups excluding carboxylic acids is 1. The van der Waals surface area contributed by atoms with Crippen molar-refractivity contribution in [2.45, 2.75) is 6.92 Å². The lowest BCUT2D eigenvalue weighted by Crippen LogP contribution is -2.27. The van der Waals surface area contributed by atoms with E-state index in [1.807, 2.05) is 18.5 Å². The van der Waals surface area contributed by atoms with Gasteiger partial charge in [-0.1, -0.05) is 0 Å². The first-order valence-electron chi connectivity index (χ1n) is 5.27. The molecule has 0 amide bonds. The molecule has 0 atom stereocenters. The molecule has 2 heterocycles. The molecule has 2 aromatic rings. The number of fused-ring (bicyclic) bond motifs is 1. The van der Waals surface area contributed by atoms with Crippen LogP contribution in [0.25, 0.3) is 10.2 Å². The van der Waals surface area contributed by atoms with Gasteiger partial charge in [-0.3, -0.25) is 4.79 Å². The van der Waals surface area contributed by atoms with Crippen LogP contribution in [0, 0.1) is 0 Å². The highest BCUT2D eigenvalue weighted by atomic mass is 32.1. The van der Waals surface area contributed by atoms with Crippen molar-refractivity contribution in [2.75, 3.05) is 25.1 Å². The van der Waals surface area contributed by atoms with Crippen molar-refractivity contribution in [2.24, 2.45) is 0 Å². The van der Waals surface area contributed by atoms with Crippen molar-refractivity contribution in [1.29, 1.82) is 0 Å². The molecule has 0 saturated heterocycles. The molecule has 0 spiro atoms. The van der Waals surface area contributed by atoms with Gasteiger partial charge in [0.2, 0.25) is 0 Å². The summed E-state index contributed by atoms with van der Waals surface area (Å²) >= 11 is 1.56. The van der Waals surface area contributed by atoms with Crippen LogP contribution >= 0.6 is 11.3 Å². The van der Waals surface area contributed by atoms with Gasteiger partial charge in [-0.15, -0.1) is 11.3 Å². The second-order valence-electron chi connectivity index (χ2n) is 3.49. The quantitative estimate of drug-likeness (QED) is 0.774. The zero-order chi connectivity index (χ0) is 12.3. The van der Waals surface area contributed by atoms with Gasteiger partial charge >= 0.3 is 5.97 Å².